The summed E-state index contributed by atoms with van der Waals surface area (Å²) in [5.74, 6) is -0.217. The first-order chi connectivity index (χ1) is 13.4. The number of aryl methyl sites for hydroxylation is 2. The fourth-order valence-electron chi connectivity index (χ4n) is 3.78. The molecule has 1 aliphatic rings. The highest BCUT2D eigenvalue weighted by Gasteiger charge is 2.20. The molecule has 1 saturated heterocycles. The normalized spacial score (nSPS) is 14.8. The van der Waals surface area contributed by atoms with Crippen LogP contribution in [-0.4, -0.2) is 38.6 Å². The summed E-state index contributed by atoms with van der Waals surface area (Å²) >= 11 is 1.57. The molecule has 3 heterocycles. The molecule has 0 saturated carbocycles. The lowest BCUT2D eigenvalue weighted by Gasteiger charge is -2.18. The van der Waals surface area contributed by atoms with Gasteiger partial charge in [0, 0.05) is 4.88 Å². The number of benzene rings is 1. The van der Waals surface area contributed by atoms with Gasteiger partial charge in [0.25, 0.3) is 5.56 Å². The molecule has 0 spiro atoms. The highest BCUT2D eigenvalue weighted by Crippen LogP contribution is 2.27. The van der Waals surface area contributed by atoms with Crippen LogP contribution in [0.15, 0.2) is 29.1 Å². The van der Waals surface area contributed by atoms with Gasteiger partial charge in [-0.15, -0.1) is 11.3 Å². The number of hydrogen-bond donors (Lipinski definition) is 1. The van der Waals surface area contributed by atoms with Crippen molar-refractivity contribution in [1.29, 1.82) is 0 Å². The Balaban J connectivity index is 1.82. The minimum Gasteiger partial charge on any atom is -0.478 e. The van der Waals surface area contributed by atoms with Gasteiger partial charge < -0.3 is 5.11 Å². The molecule has 28 heavy (non-hydrogen) atoms. The summed E-state index contributed by atoms with van der Waals surface area (Å²) < 4.78 is 1.72. The standard InChI is InChI=1S/C21H23N3O3S/c1-13-14(2)28-19-18(13)20(25)24(17(22-19)12-23-8-3-4-9-23)11-15-6-5-7-16(10-15)21(26)27/h5-7,10H,3-4,8-9,11-12H2,1-2H3,(H,26,27). The van der Waals surface area contributed by atoms with E-state index in [-0.39, 0.29) is 11.1 Å². The van der Waals surface area contributed by atoms with Crippen molar-refractivity contribution >= 4 is 27.5 Å². The fraction of sp³-hybridized carbons (Fsp3) is 0.381. The van der Waals surface area contributed by atoms with Gasteiger partial charge in [0.2, 0.25) is 0 Å². The maximum absolute atomic E-state index is 13.4. The molecule has 1 fully saturated rings. The number of carboxylic acid groups (broad SMARTS) is 1. The smallest absolute Gasteiger partial charge is 0.335 e. The summed E-state index contributed by atoms with van der Waals surface area (Å²) in [5.41, 5.74) is 1.96. The summed E-state index contributed by atoms with van der Waals surface area (Å²) in [6, 6.07) is 6.77. The fourth-order valence-corrected chi connectivity index (χ4v) is 4.82. The van der Waals surface area contributed by atoms with Gasteiger partial charge in [-0.05, 0) is 63.0 Å². The van der Waals surface area contributed by atoms with Crippen LogP contribution in [-0.2, 0) is 13.1 Å². The van der Waals surface area contributed by atoms with E-state index in [0.717, 1.165) is 39.7 Å². The number of fused-ring (bicyclic) bond motifs is 1. The number of likely N-dealkylation sites (tertiary alicyclic amines) is 1. The molecule has 1 aliphatic heterocycles. The van der Waals surface area contributed by atoms with Gasteiger partial charge in [-0.1, -0.05) is 12.1 Å². The molecule has 0 aliphatic carbocycles. The molecule has 0 bridgehead atoms. The molecule has 1 aromatic carbocycles. The lowest BCUT2D eigenvalue weighted by molar-refractivity contribution is 0.0696. The Hall–Kier alpha value is -2.51. The van der Waals surface area contributed by atoms with Crippen LogP contribution < -0.4 is 5.56 Å². The average molecular weight is 398 g/mol. The van der Waals surface area contributed by atoms with E-state index < -0.39 is 5.97 Å². The molecule has 0 amide bonds. The topological polar surface area (TPSA) is 75.4 Å². The Bertz CT molecular complexity index is 1110. The molecular formula is C21H23N3O3S. The number of carboxylic acids is 1. The van der Waals surface area contributed by atoms with E-state index in [2.05, 4.69) is 4.90 Å². The minimum atomic E-state index is -0.968. The Morgan fingerprint density at radius 3 is 2.68 bits per heavy atom. The number of aromatic nitrogens is 2. The first-order valence-corrected chi connectivity index (χ1v) is 10.3. The first kappa shape index (κ1) is 18.8. The van der Waals surface area contributed by atoms with Crippen molar-refractivity contribution in [2.24, 2.45) is 0 Å². The van der Waals surface area contributed by atoms with Crippen molar-refractivity contribution in [2.75, 3.05) is 13.1 Å². The highest BCUT2D eigenvalue weighted by atomic mass is 32.1. The van der Waals surface area contributed by atoms with Gasteiger partial charge in [-0.3, -0.25) is 14.3 Å². The molecular weight excluding hydrogens is 374 g/mol. The Labute approximate surface area is 167 Å². The van der Waals surface area contributed by atoms with Crippen LogP contribution in [0.4, 0.5) is 0 Å². The minimum absolute atomic E-state index is 0.0400. The van der Waals surface area contributed by atoms with Gasteiger partial charge in [0.05, 0.1) is 24.0 Å². The van der Waals surface area contributed by atoms with E-state index in [1.807, 2.05) is 19.9 Å². The molecule has 3 aromatic rings. The van der Waals surface area contributed by atoms with Crippen molar-refractivity contribution < 1.29 is 9.90 Å². The second-order valence-corrected chi connectivity index (χ2v) is 8.57. The predicted molar refractivity (Wildman–Crippen MR) is 110 cm³/mol. The SMILES string of the molecule is Cc1sc2nc(CN3CCCC3)n(Cc3cccc(C(=O)O)c3)c(=O)c2c1C. The molecule has 146 valence electrons. The summed E-state index contributed by atoms with van der Waals surface area (Å²) in [4.78, 5) is 33.8. The number of hydrogen-bond acceptors (Lipinski definition) is 5. The molecule has 4 rings (SSSR count). The third-order valence-corrected chi connectivity index (χ3v) is 6.55. The number of carbonyl (C=O) groups is 1. The lowest BCUT2D eigenvalue weighted by Crippen LogP contribution is -2.30. The van der Waals surface area contributed by atoms with Crippen molar-refractivity contribution in [2.45, 2.75) is 39.8 Å². The molecule has 0 atom stereocenters. The maximum Gasteiger partial charge on any atom is 0.335 e. The van der Waals surface area contributed by atoms with E-state index in [9.17, 15) is 14.7 Å². The zero-order valence-corrected chi connectivity index (χ0v) is 16.9. The first-order valence-electron chi connectivity index (χ1n) is 9.48. The molecule has 2 aromatic heterocycles. The van der Waals surface area contributed by atoms with Gasteiger partial charge in [0.1, 0.15) is 10.7 Å². The second kappa shape index (κ2) is 7.48. The van der Waals surface area contributed by atoms with E-state index in [0.29, 0.717) is 18.5 Å². The predicted octanol–water partition coefficient (Wildman–Crippen LogP) is 3.42. The van der Waals surface area contributed by atoms with Crippen LogP contribution in [0.25, 0.3) is 10.2 Å². The molecule has 6 nitrogen and oxygen atoms in total. The van der Waals surface area contributed by atoms with Gasteiger partial charge in [0.15, 0.2) is 0 Å². The molecule has 0 radical (unpaired) electrons. The van der Waals surface area contributed by atoms with Crippen molar-refractivity contribution in [1.82, 2.24) is 14.5 Å². The van der Waals surface area contributed by atoms with Crippen LogP contribution in [0.5, 0.6) is 0 Å². The van der Waals surface area contributed by atoms with E-state index in [4.69, 9.17) is 4.98 Å². The largest absolute Gasteiger partial charge is 0.478 e. The number of rotatable bonds is 5. The van der Waals surface area contributed by atoms with Crippen LogP contribution in [0.1, 0.15) is 45.0 Å². The molecule has 1 N–H and O–H groups in total. The lowest BCUT2D eigenvalue weighted by atomic mass is 10.1. The van der Waals surface area contributed by atoms with Gasteiger partial charge in [-0.25, -0.2) is 9.78 Å². The number of aromatic carboxylic acids is 1. The Morgan fingerprint density at radius 2 is 1.96 bits per heavy atom. The van der Waals surface area contributed by atoms with Gasteiger partial charge >= 0.3 is 5.97 Å². The number of nitrogens with zero attached hydrogens (tertiary/aromatic N) is 3. The monoisotopic (exact) mass is 397 g/mol. The van der Waals surface area contributed by atoms with Crippen molar-refractivity contribution in [3.05, 3.63) is 62.0 Å². The third-order valence-electron chi connectivity index (χ3n) is 5.45. The van der Waals surface area contributed by atoms with E-state index in [1.54, 1.807) is 34.1 Å². The summed E-state index contributed by atoms with van der Waals surface area (Å²) in [6.07, 6.45) is 2.34. The van der Waals surface area contributed by atoms with E-state index in [1.165, 1.54) is 12.8 Å². The summed E-state index contributed by atoms with van der Waals surface area (Å²) in [5, 5.41) is 9.95. The van der Waals surface area contributed by atoms with Gasteiger partial charge in [-0.2, -0.15) is 0 Å². The second-order valence-electron chi connectivity index (χ2n) is 7.37. The third kappa shape index (κ3) is 3.47. The quantitative estimate of drug-likeness (QED) is 0.714. The van der Waals surface area contributed by atoms with Crippen LogP contribution in [0.3, 0.4) is 0 Å². The summed E-state index contributed by atoms with van der Waals surface area (Å²) in [6.45, 7) is 6.98. The molecule has 0 unspecified atom stereocenters. The number of thiophene rings is 1. The Morgan fingerprint density at radius 1 is 1.21 bits per heavy atom. The summed E-state index contributed by atoms with van der Waals surface area (Å²) in [7, 11) is 0. The average Bonchev–Trinajstić information content (AvgIpc) is 3.27. The van der Waals surface area contributed by atoms with Crippen molar-refractivity contribution in [3.8, 4) is 0 Å². The zero-order valence-electron chi connectivity index (χ0n) is 16.1. The zero-order chi connectivity index (χ0) is 19.8. The maximum atomic E-state index is 13.4. The van der Waals surface area contributed by atoms with Crippen LogP contribution in [0.2, 0.25) is 0 Å². The highest BCUT2D eigenvalue weighted by molar-refractivity contribution is 7.18. The van der Waals surface area contributed by atoms with Crippen LogP contribution in [0, 0.1) is 13.8 Å². The van der Waals surface area contributed by atoms with Crippen LogP contribution >= 0.6 is 11.3 Å². The van der Waals surface area contributed by atoms with E-state index >= 15 is 0 Å². The van der Waals surface area contributed by atoms with Crippen molar-refractivity contribution in [3.63, 3.8) is 0 Å². The Kier molecular flexibility index (Phi) is 5.03. The molecule has 7 heteroatoms.